The van der Waals surface area contributed by atoms with E-state index in [1.165, 1.54) is 12.1 Å². The van der Waals surface area contributed by atoms with Gasteiger partial charge in [0.25, 0.3) is 5.91 Å². The summed E-state index contributed by atoms with van der Waals surface area (Å²) in [6.45, 7) is 4.06. The predicted molar refractivity (Wildman–Crippen MR) is 135 cm³/mol. The largest absolute Gasteiger partial charge is 0.416 e. The van der Waals surface area contributed by atoms with Gasteiger partial charge in [0, 0.05) is 43.6 Å². The highest BCUT2D eigenvalue weighted by molar-refractivity contribution is 5.95. The third kappa shape index (κ3) is 4.89. The third-order valence-corrected chi connectivity index (χ3v) is 8.72. The van der Waals surface area contributed by atoms with E-state index in [1.54, 1.807) is 17.2 Å². The van der Waals surface area contributed by atoms with Crippen LogP contribution in [0.5, 0.6) is 0 Å². The second-order valence-corrected chi connectivity index (χ2v) is 11.7. The van der Waals surface area contributed by atoms with Crippen molar-refractivity contribution in [3.63, 3.8) is 0 Å². The number of hydrogen-bond acceptors (Lipinski definition) is 3. The zero-order chi connectivity index (χ0) is 26.7. The van der Waals surface area contributed by atoms with Crippen LogP contribution >= 0.6 is 0 Å². The van der Waals surface area contributed by atoms with Gasteiger partial charge in [0.1, 0.15) is 0 Å². The Morgan fingerprint density at radius 2 is 1.66 bits per heavy atom. The Morgan fingerprint density at radius 3 is 2.32 bits per heavy atom. The van der Waals surface area contributed by atoms with Gasteiger partial charge in [-0.3, -0.25) is 9.48 Å². The minimum Gasteiger partial charge on any atom is -0.338 e. The Balaban J connectivity index is 1.15. The number of halogens is 3. The van der Waals surface area contributed by atoms with E-state index in [4.69, 9.17) is 0 Å². The van der Waals surface area contributed by atoms with Gasteiger partial charge in [-0.25, -0.2) is 4.79 Å². The van der Waals surface area contributed by atoms with Gasteiger partial charge in [-0.2, -0.15) is 18.3 Å². The van der Waals surface area contributed by atoms with Crippen molar-refractivity contribution >= 4 is 11.9 Å². The fraction of sp³-hybridized carbons (Fsp3) is 0.607. The number of nitrogens with one attached hydrogen (secondary N) is 1. The summed E-state index contributed by atoms with van der Waals surface area (Å²) in [4.78, 5) is 29.8. The summed E-state index contributed by atoms with van der Waals surface area (Å²) in [6, 6.07) is 5.81. The zero-order valence-electron chi connectivity index (χ0n) is 21.6. The van der Waals surface area contributed by atoms with E-state index in [9.17, 15) is 22.8 Å². The van der Waals surface area contributed by atoms with Crippen molar-refractivity contribution in [2.75, 3.05) is 26.2 Å². The predicted octanol–water partition coefficient (Wildman–Crippen LogP) is 5.31. The molecule has 6 rings (SSSR count). The van der Waals surface area contributed by atoms with Gasteiger partial charge in [-0.1, -0.05) is 18.2 Å². The molecule has 38 heavy (non-hydrogen) atoms. The molecule has 4 fully saturated rings. The first-order chi connectivity index (χ1) is 18.1. The van der Waals surface area contributed by atoms with Crippen LogP contribution in [0.1, 0.15) is 96.9 Å². The lowest BCUT2D eigenvalue weighted by atomic mass is 9.93. The molecule has 0 spiro atoms. The number of hydrogen-bond donors (Lipinski definition) is 1. The molecule has 10 heteroatoms. The summed E-state index contributed by atoms with van der Waals surface area (Å²) < 4.78 is 42.7. The normalized spacial score (nSPS) is 23.5. The Hall–Kier alpha value is -3.04. The molecule has 3 heterocycles. The van der Waals surface area contributed by atoms with Gasteiger partial charge in [0.15, 0.2) is 0 Å². The van der Waals surface area contributed by atoms with Crippen LogP contribution in [0.4, 0.5) is 18.0 Å². The number of piperidine rings is 1. The van der Waals surface area contributed by atoms with Crippen LogP contribution in [0, 0.1) is 0 Å². The van der Waals surface area contributed by atoms with E-state index in [0.29, 0.717) is 31.6 Å². The van der Waals surface area contributed by atoms with Crippen LogP contribution in [-0.2, 0) is 6.18 Å². The summed E-state index contributed by atoms with van der Waals surface area (Å²) in [6.07, 6.45) is 3.36. The molecule has 1 aromatic carbocycles. The Morgan fingerprint density at radius 1 is 0.974 bits per heavy atom. The van der Waals surface area contributed by atoms with E-state index < -0.39 is 11.7 Å². The zero-order valence-corrected chi connectivity index (χ0v) is 21.6. The van der Waals surface area contributed by atoms with Crippen molar-refractivity contribution in [1.29, 1.82) is 0 Å². The molecule has 0 radical (unpaired) electrons. The molecule has 1 aromatic heterocycles. The smallest absolute Gasteiger partial charge is 0.338 e. The first-order valence-corrected chi connectivity index (χ1v) is 13.7. The molecule has 1 N–H and O–H groups in total. The molecule has 0 unspecified atom stereocenters. The van der Waals surface area contributed by atoms with Crippen LogP contribution in [0.25, 0.3) is 0 Å². The first-order valence-electron chi connectivity index (χ1n) is 13.7. The summed E-state index contributed by atoms with van der Waals surface area (Å²) in [5.74, 6) is -0.193. The van der Waals surface area contributed by atoms with Crippen LogP contribution < -0.4 is 5.32 Å². The Labute approximate surface area is 220 Å². The second-order valence-electron chi connectivity index (χ2n) is 11.7. The number of carbonyl (C=O) groups is 2. The molecule has 2 aromatic rings. The molecule has 2 aliphatic carbocycles. The number of urea groups is 1. The van der Waals surface area contributed by atoms with Gasteiger partial charge in [0.05, 0.1) is 29.1 Å². The average molecular weight is 530 g/mol. The number of benzene rings is 1. The molecule has 2 aliphatic heterocycles. The number of alkyl halides is 3. The van der Waals surface area contributed by atoms with Gasteiger partial charge in [0.2, 0.25) is 0 Å². The van der Waals surface area contributed by atoms with Crippen LogP contribution in [0.2, 0.25) is 0 Å². The van der Waals surface area contributed by atoms with Crippen LogP contribution in [-0.4, -0.2) is 63.2 Å². The summed E-state index contributed by atoms with van der Waals surface area (Å²) in [5, 5.41) is 7.78. The molecule has 2 saturated heterocycles. The first kappa shape index (κ1) is 25.2. The second kappa shape index (κ2) is 9.31. The maximum absolute atomic E-state index is 13.6. The minimum atomic E-state index is -4.42. The lowest BCUT2D eigenvalue weighted by molar-refractivity contribution is -0.138. The number of likely N-dealkylation sites (tertiary alicyclic amines) is 2. The summed E-state index contributed by atoms with van der Waals surface area (Å²) >= 11 is 0. The van der Waals surface area contributed by atoms with Crippen LogP contribution in [0.15, 0.2) is 30.5 Å². The van der Waals surface area contributed by atoms with Gasteiger partial charge < -0.3 is 15.1 Å². The quantitative estimate of drug-likeness (QED) is 0.571. The van der Waals surface area contributed by atoms with Crippen molar-refractivity contribution in [3.8, 4) is 0 Å². The number of rotatable bonds is 5. The molecular weight excluding hydrogens is 495 g/mol. The number of amides is 3. The monoisotopic (exact) mass is 529 g/mol. The maximum atomic E-state index is 13.6. The molecule has 2 saturated carbocycles. The molecular formula is C28H34F3N5O2. The van der Waals surface area contributed by atoms with E-state index >= 15 is 0 Å². The highest BCUT2D eigenvalue weighted by Crippen LogP contribution is 2.44. The SMILES string of the molecule is CC1(NC(=O)N2CCC(n3ncc(C(=O)N4CC[C@@H](c5ccccc5C(F)(F)F)C4)c3C3CC3)CC2)CC1. The van der Waals surface area contributed by atoms with E-state index in [1.807, 2.05) is 9.58 Å². The van der Waals surface area contributed by atoms with E-state index in [-0.39, 0.29) is 47.5 Å². The molecule has 204 valence electrons. The minimum absolute atomic E-state index is 0.00196. The Bertz CT molecular complexity index is 1230. The number of aromatic nitrogens is 2. The van der Waals surface area contributed by atoms with Crippen molar-refractivity contribution in [1.82, 2.24) is 24.9 Å². The van der Waals surface area contributed by atoms with Gasteiger partial charge >= 0.3 is 12.2 Å². The highest BCUT2D eigenvalue weighted by atomic mass is 19.4. The fourth-order valence-electron chi connectivity index (χ4n) is 6.03. The topological polar surface area (TPSA) is 70.5 Å². The lowest BCUT2D eigenvalue weighted by Gasteiger charge is -2.33. The standard InChI is InChI=1S/C28H34F3N5O2/c1-27(11-12-27)33-26(38)34-14-9-20(10-15-34)36-24(18-6-7-18)22(16-32-36)25(37)35-13-8-19(17-35)21-4-2-3-5-23(21)28(29,30)31/h2-5,16,18-20H,6-15,17H2,1H3,(H,33,38)/t19-/m1/s1. The molecule has 7 nitrogen and oxygen atoms in total. The number of nitrogens with zero attached hydrogens (tertiary/aromatic N) is 4. The summed E-state index contributed by atoms with van der Waals surface area (Å²) in [5.41, 5.74) is 1.15. The van der Waals surface area contributed by atoms with Gasteiger partial charge in [-0.05, 0) is 63.5 Å². The van der Waals surface area contributed by atoms with Crippen molar-refractivity contribution in [2.24, 2.45) is 0 Å². The Kier molecular flexibility index (Phi) is 6.18. The van der Waals surface area contributed by atoms with Crippen LogP contribution in [0.3, 0.4) is 0 Å². The third-order valence-electron chi connectivity index (χ3n) is 8.72. The molecule has 4 aliphatic rings. The van der Waals surface area contributed by atoms with Gasteiger partial charge in [-0.15, -0.1) is 0 Å². The van der Waals surface area contributed by atoms with E-state index in [0.717, 1.165) is 50.3 Å². The molecule has 1 atom stereocenters. The van der Waals surface area contributed by atoms with Crippen molar-refractivity contribution in [2.45, 2.75) is 81.5 Å². The highest BCUT2D eigenvalue weighted by Gasteiger charge is 2.42. The van der Waals surface area contributed by atoms with E-state index in [2.05, 4.69) is 17.3 Å². The molecule has 3 amide bonds. The van der Waals surface area contributed by atoms with Crippen molar-refractivity contribution < 1.29 is 22.8 Å². The lowest BCUT2D eigenvalue weighted by Crippen LogP contribution is -2.48. The number of carbonyl (C=O) groups excluding carboxylic acids is 2. The van der Waals surface area contributed by atoms with Crippen molar-refractivity contribution in [3.05, 3.63) is 52.8 Å². The maximum Gasteiger partial charge on any atom is 0.416 e. The summed E-state index contributed by atoms with van der Waals surface area (Å²) in [7, 11) is 0. The molecule has 0 bridgehead atoms. The average Bonchev–Trinajstić information content (AvgIpc) is 3.77. The fourth-order valence-corrected chi connectivity index (χ4v) is 6.03.